The van der Waals surface area contributed by atoms with E-state index in [2.05, 4.69) is 56.1 Å². The molecule has 0 heterocycles. The summed E-state index contributed by atoms with van der Waals surface area (Å²) in [6.45, 7) is 6.38. The van der Waals surface area contributed by atoms with Crippen LogP contribution in [0.25, 0.3) is 0 Å². The van der Waals surface area contributed by atoms with Crippen LogP contribution in [0.4, 0.5) is 0 Å². The van der Waals surface area contributed by atoms with Crippen LogP contribution in [0.2, 0.25) is 0 Å². The minimum Gasteiger partial charge on any atom is -0.330 e. The van der Waals surface area contributed by atoms with Gasteiger partial charge in [-0.2, -0.15) is 0 Å². The lowest BCUT2D eigenvalue weighted by atomic mass is 9.80. The van der Waals surface area contributed by atoms with Crippen molar-refractivity contribution in [2.24, 2.45) is 11.7 Å². The van der Waals surface area contributed by atoms with E-state index in [1.807, 2.05) is 0 Å². The van der Waals surface area contributed by atoms with Crippen molar-refractivity contribution >= 4 is 0 Å². The van der Waals surface area contributed by atoms with Crippen LogP contribution in [0.5, 0.6) is 0 Å². The van der Waals surface area contributed by atoms with Gasteiger partial charge in [0.25, 0.3) is 0 Å². The van der Waals surface area contributed by atoms with Crippen molar-refractivity contribution < 1.29 is 0 Å². The summed E-state index contributed by atoms with van der Waals surface area (Å²) in [6, 6.07) is 11.5. The van der Waals surface area contributed by atoms with Gasteiger partial charge in [0.05, 0.1) is 0 Å². The molecule has 1 atom stereocenters. The van der Waals surface area contributed by atoms with Gasteiger partial charge in [0.15, 0.2) is 0 Å². The van der Waals surface area contributed by atoms with E-state index in [4.69, 9.17) is 5.73 Å². The van der Waals surface area contributed by atoms with Gasteiger partial charge in [-0.15, -0.1) is 0 Å². The van der Waals surface area contributed by atoms with Crippen LogP contribution in [0, 0.1) is 5.92 Å². The standard InChI is InChI=1S/C19H32N2/c1-4-16-10-12-18(13-11-16)21(3)15-19(2,14-20)17-8-6-5-7-9-17/h5-9,16,18H,4,10-15,20H2,1-3H3. The molecule has 118 valence electrons. The Kier molecular flexibility index (Phi) is 5.83. The second-order valence-electron chi connectivity index (χ2n) is 7.13. The smallest absolute Gasteiger partial charge is 0.0174 e. The highest BCUT2D eigenvalue weighted by atomic mass is 15.1. The quantitative estimate of drug-likeness (QED) is 0.862. The molecular weight excluding hydrogens is 256 g/mol. The number of hydrogen-bond donors (Lipinski definition) is 1. The summed E-state index contributed by atoms with van der Waals surface area (Å²) in [4.78, 5) is 2.56. The number of benzene rings is 1. The summed E-state index contributed by atoms with van der Waals surface area (Å²) in [5.74, 6) is 0.963. The van der Waals surface area contributed by atoms with Gasteiger partial charge in [-0.1, -0.05) is 50.6 Å². The number of nitrogens with zero attached hydrogens (tertiary/aromatic N) is 1. The molecule has 1 aliphatic carbocycles. The van der Waals surface area contributed by atoms with E-state index >= 15 is 0 Å². The molecule has 21 heavy (non-hydrogen) atoms. The second-order valence-corrected chi connectivity index (χ2v) is 7.13. The van der Waals surface area contributed by atoms with Crippen molar-refractivity contribution in [1.82, 2.24) is 4.90 Å². The molecule has 2 nitrogen and oxygen atoms in total. The normalized spacial score (nSPS) is 25.8. The molecule has 0 aliphatic heterocycles. The van der Waals surface area contributed by atoms with Crippen molar-refractivity contribution in [3.05, 3.63) is 35.9 Å². The summed E-state index contributed by atoms with van der Waals surface area (Å²) >= 11 is 0. The third-order valence-corrected chi connectivity index (χ3v) is 5.54. The molecule has 0 bridgehead atoms. The lowest BCUT2D eigenvalue weighted by molar-refractivity contribution is 0.138. The predicted molar refractivity (Wildman–Crippen MR) is 91.5 cm³/mol. The van der Waals surface area contributed by atoms with Gasteiger partial charge in [-0.05, 0) is 44.2 Å². The molecule has 1 saturated carbocycles. The Morgan fingerprint density at radius 1 is 1.14 bits per heavy atom. The highest BCUT2D eigenvalue weighted by Gasteiger charge is 2.30. The van der Waals surface area contributed by atoms with Crippen molar-refractivity contribution in [1.29, 1.82) is 0 Å². The molecule has 2 rings (SSSR count). The Morgan fingerprint density at radius 2 is 1.76 bits per heavy atom. The van der Waals surface area contributed by atoms with Gasteiger partial charge in [0.2, 0.25) is 0 Å². The summed E-state index contributed by atoms with van der Waals surface area (Å²) in [5.41, 5.74) is 7.55. The zero-order valence-corrected chi connectivity index (χ0v) is 14.0. The fourth-order valence-electron chi connectivity index (χ4n) is 3.79. The van der Waals surface area contributed by atoms with Crippen molar-refractivity contribution in [3.8, 4) is 0 Å². The molecule has 1 aliphatic rings. The highest BCUT2D eigenvalue weighted by molar-refractivity contribution is 5.25. The van der Waals surface area contributed by atoms with E-state index < -0.39 is 0 Å². The van der Waals surface area contributed by atoms with Crippen molar-refractivity contribution in [2.45, 2.75) is 57.4 Å². The van der Waals surface area contributed by atoms with Crippen LogP contribution < -0.4 is 5.73 Å². The van der Waals surface area contributed by atoms with Gasteiger partial charge < -0.3 is 10.6 Å². The van der Waals surface area contributed by atoms with Crippen LogP contribution in [0.3, 0.4) is 0 Å². The van der Waals surface area contributed by atoms with Crippen LogP contribution >= 0.6 is 0 Å². The molecule has 0 radical (unpaired) electrons. The zero-order valence-electron chi connectivity index (χ0n) is 14.0. The number of likely N-dealkylation sites (N-methyl/N-ethyl adjacent to an activating group) is 1. The summed E-state index contributed by atoms with van der Waals surface area (Å²) in [6.07, 6.45) is 6.85. The molecule has 2 N–H and O–H groups in total. The van der Waals surface area contributed by atoms with Gasteiger partial charge in [0, 0.05) is 24.5 Å². The van der Waals surface area contributed by atoms with E-state index in [-0.39, 0.29) is 5.41 Å². The maximum atomic E-state index is 6.13. The molecule has 2 heteroatoms. The van der Waals surface area contributed by atoms with Crippen LogP contribution in [-0.2, 0) is 5.41 Å². The first-order valence-electron chi connectivity index (χ1n) is 8.55. The fourth-order valence-corrected chi connectivity index (χ4v) is 3.79. The summed E-state index contributed by atoms with van der Waals surface area (Å²) < 4.78 is 0. The average molecular weight is 288 g/mol. The highest BCUT2D eigenvalue weighted by Crippen LogP contribution is 2.31. The Morgan fingerprint density at radius 3 is 2.29 bits per heavy atom. The van der Waals surface area contributed by atoms with Crippen LogP contribution in [0.15, 0.2) is 30.3 Å². The number of nitrogens with two attached hydrogens (primary N) is 1. The number of hydrogen-bond acceptors (Lipinski definition) is 2. The van der Waals surface area contributed by atoms with Crippen molar-refractivity contribution in [3.63, 3.8) is 0 Å². The molecule has 1 fully saturated rings. The third kappa shape index (κ3) is 4.08. The number of rotatable bonds is 6. The van der Waals surface area contributed by atoms with Gasteiger partial charge in [0.1, 0.15) is 0 Å². The van der Waals surface area contributed by atoms with Gasteiger partial charge >= 0.3 is 0 Å². The topological polar surface area (TPSA) is 29.3 Å². The molecule has 0 amide bonds. The Balaban J connectivity index is 1.98. The largest absolute Gasteiger partial charge is 0.330 e. The average Bonchev–Trinajstić information content (AvgIpc) is 2.55. The zero-order chi connectivity index (χ0) is 15.3. The minimum atomic E-state index is 0.0532. The summed E-state index contributed by atoms with van der Waals surface area (Å²) in [7, 11) is 2.29. The van der Waals surface area contributed by atoms with E-state index in [1.54, 1.807) is 0 Å². The lowest BCUT2D eigenvalue weighted by Crippen LogP contribution is -2.47. The molecule has 1 aromatic rings. The lowest BCUT2D eigenvalue weighted by Gasteiger charge is -2.40. The van der Waals surface area contributed by atoms with Crippen LogP contribution in [-0.4, -0.2) is 31.1 Å². The predicted octanol–water partition coefficient (Wildman–Crippen LogP) is 3.80. The Hall–Kier alpha value is -0.860. The van der Waals surface area contributed by atoms with E-state index in [9.17, 15) is 0 Å². The first kappa shape index (κ1) is 16.5. The Labute approximate surface area is 130 Å². The SMILES string of the molecule is CCC1CCC(N(C)CC(C)(CN)c2ccccc2)CC1. The minimum absolute atomic E-state index is 0.0532. The van der Waals surface area contributed by atoms with Crippen molar-refractivity contribution in [2.75, 3.05) is 20.1 Å². The maximum absolute atomic E-state index is 6.13. The molecule has 0 saturated heterocycles. The van der Waals surface area contributed by atoms with E-state index in [0.29, 0.717) is 6.54 Å². The first-order chi connectivity index (χ1) is 10.1. The molecule has 1 unspecified atom stereocenters. The first-order valence-corrected chi connectivity index (χ1v) is 8.55. The third-order valence-electron chi connectivity index (χ3n) is 5.54. The van der Waals surface area contributed by atoms with Gasteiger partial charge in [-0.3, -0.25) is 0 Å². The second kappa shape index (κ2) is 7.42. The molecular formula is C19H32N2. The molecule has 0 aromatic heterocycles. The maximum Gasteiger partial charge on any atom is 0.0174 e. The monoisotopic (exact) mass is 288 g/mol. The Bertz CT molecular complexity index is 409. The van der Waals surface area contributed by atoms with Crippen LogP contribution in [0.1, 0.15) is 51.5 Å². The molecule has 0 spiro atoms. The molecule has 1 aromatic carbocycles. The van der Waals surface area contributed by atoms with E-state index in [1.165, 1.54) is 37.7 Å². The summed E-state index contributed by atoms with van der Waals surface area (Å²) in [5, 5.41) is 0. The fraction of sp³-hybridized carbons (Fsp3) is 0.684. The van der Waals surface area contributed by atoms with E-state index in [0.717, 1.165) is 18.5 Å². The van der Waals surface area contributed by atoms with Gasteiger partial charge in [-0.25, -0.2) is 0 Å².